The largest absolute Gasteiger partial charge is 0.357 e. The van der Waals surface area contributed by atoms with Crippen molar-refractivity contribution in [3.8, 4) is 0 Å². The molecule has 0 heterocycles. The zero-order valence-corrected chi connectivity index (χ0v) is 19.2. The van der Waals surface area contributed by atoms with Crippen molar-refractivity contribution >= 4 is 40.0 Å². The number of nitrogens with one attached hydrogen (secondary N) is 2. The minimum Gasteiger partial charge on any atom is -0.357 e. The number of benzene rings is 1. The zero-order valence-electron chi connectivity index (χ0n) is 16.1. The molecule has 1 rings (SSSR count). The lowest BCUT2D eigenvalue weighted by molar-refractivity contribution is 0.445. The Morgan fingerprint density at radius 3 is 2.31 bits per heavy atom. The lowest BCUT2D eigenvalue weighted by Gasteiger charge is -2.19. The Bertz CT molecular complexity index is 605. The number of nitrogens with zero attached hydrogens (tertiary/aromatic N) is 2. The SMILES string of the molecule is CCNC(=NCCCc1ccccc1)NCCS(=O)(=O)N(CC)CC.I. The van der Waals surface area contributed by atoms with E-state index < -0.39 is 10.0 Å². The number of hydrogen-bond donors (Lipinski definition) is 2. The molecule has 0 bridgehead atoms. The second-order valence-corrected chi connectivity index (χ2v) is 7.77. The summed E-state index contributed by atoms with van der Waals surface area (Å²) < 4.78 is 25.8. The average molecular weight is 496 g/mol. The summed E-state index contributed by atoms with van der Waals surface area (Å²) in [4.78, 5) is 4.52. The van der Waals surface area contributed by atoms with Gasteiger partial charge in [0.05, 0.1) is 5.75 Å². The molecule has 1 aromatic carbocycles. The molecule has 0 saturated heterocycles. The highest BCUT2D eigenvalue weighted by Crippen LogP contribution is 2.02. The Hall–Kier alpha value is -0.870. The van der Waals surface area contributed by atoms with Gasteiger partial charge in [-0.05, 0) is 25.3 Å². The fraction of sp³-hybridized carbons (Fsp3) is 0.611. The first-order valence-corrected chi connectivity index (χ1v) is 10.7. The molecule has 8 heteroatoms. The van der Waals surface area contributed by atoms with Crippen LogP contribution in [0.5, 0.6) is 0 Å². The molecular weight excluding hydrogens is 463 g/mol. The predicted molar refractivity (Wildman–Crippen MR) is 121 cm³/mol. The van der Waals surface area contributed by atoms with Crippen LogP contribution in [0.3, 0.4) is 0 Å². The summed E-state index contributed by atoms with van der Waals surface area (Å²) in [5.74, 6) is 0.744. The van der Waals surface area contributed by atoms with Gasteiger partial charge in [0, 0.05) is 32.7 Å². The third kappa shape index (κ3) is 9.72. The first kappa shape index (κ1) is 25.1. The molecule has 0 aliphatic heterocycles. The third-order valence-electron chi connectivity index (χ3n) is 3.83. The topological polar surface area (TPSA) is 73.8 Å². The fourth-order valence-corrected chi connectivity index (χ4v) is 3.91. The fourth-order valence-electron chi connectivity index (χ4n) is 2.50. The maximum atomic E-state index is 12.2. The van der Waals surface area contributed by atoms with Crippen LogP contribution in [0.1, 0.15) is 32.8 Å². The molecule has 0 atom stereocenters. The Morgan fingerprint density at radius 2 is 1.73 bits per heavy atom. The lowest BCUT2D eigenvalue weighted by Crippen LogP contribution is -2.42. The van der Waals surface area contributed by atoms with Gasteiger partial charge >= 0.3 is 0 Å². The van der Waals surface area contributed by atoms with E-state index >= 15 is 0 Å². The van der Waals surface area contributed by atoms with Crippen molar-refractivity contribution in [2.45, 2.75) is 33.6 Å². The van der Waals surface area contributed by atoms with E-state index in [1.807, 2.05) is 39.0 Å². The summed E-state index contributed by atoms with van der Waals surface area (Å²) >= 11 is 0. The van der Waals surface area contributed by atoms with E-state index in [0.29, 0.717) is 32.1 Å². The Labute approximate surface area is 175 Å². The molecule has 0 aromatic heterocycles. The average Bonchev–Trinajstić information content (AvgIpc) is 2.60. The molecule has 6 nitrogen and oxygen atoms in total. The van der Waals surface area contributed by atoms with Gasteiger partial charge in [0.15, 0.2) is 5.96 Å². The van der Waals surface area contributed by atoms with E-state index in [9.17, 15) is 8.42 Å². The third-order valence-corrected chi connectivity index (χ3v) is 5.86. The predicted octanol–water partition coefficient (Wildman–Crippen LogP) is 2.46. The summed E-state index contributed by atoms with van der Waals surface area (Å²) in [5.41, 5.74) is 1.31. The number of halogens is 1. The van der Waals surface area contributed by atoms with Crippen molar-refractivity contribution < 1.29 is 8.42 Å². The summed E-state index contributed by atoms with van der Waals surface area (Å²) in [5, 5.41) is 6.27. The highest BCUT2D eigenvalue weighted by molar-refractivity contribution is 14.0. The normalized spacial score (nSPS) is 11.9. The molecule has 1 aromatic rings. The van der Waals surface area contributed by atoms with E-state index in [-0.39, 0.29) is 29.7 Å². The van der Waals surface area contributed by atoms with Crippen LogP contribution in [0.15, 0.2) is 35.3 Å². The number of hydrogen-bond acceptors (Lipinski definition) is 3. The van der Waals surface area contributed by atoms with Crippen molar-refractivity contribution in [2.24, 2.45) is 4.99 Å². The van der Waals surface area contributed by atoms with Crippen molar-refractivity contribution in [3.05, 3.63) is 35.9 Å². The lowest BCUT2D eigenvalue weighted by atomic mass is 10.1. The Morgan fingerprint density at radius 1 is 1.08 bits per heavy atom. The van der Waals surface area contributed by atoms with E-state index in [1.165, 1.54) is 9.87 Å². The number of aliphatic imine (C=N–C) groups is 1. The summed E-state index contributed by atoms with van der Waals surface area (Å²) in [6.45, 7) is 8.51. The molecule has 0 saturated carbocycles. The molecule has 0 radical (unpaired) electrons. The van der Waals surface area contributed by atoms with Crippen LogP contribution in [0, 0.1) is 0 Å². The number of guanidine groups is 1. The smallest absolute Gasteiger partial charge is 0.215 e. The van der Waals surface area contributed by atoms with Gasteiger partial charge in [0.1, 0.15) is 0 Å². The summed E-state index contributed by atoms with van der Waals surface area (Å²) in [6, 6.07) is 10.3. The van der Waals surface area contributed by atoms with Crippen molar-refractivity contribution in [2.75, 3.05) is 38.5 Å². The van der Waals surface area contributed by atoms with Gasteiger partial charge in [-0.1, -0.05) is 44.2 Å². The van der Waals surface area contributed by atoms with Crippen molar-refractivity contribution in [1.29, 1.82) is 0 Å². The van der Waals surface area contributed by atoms with Gasteiger partial charge in [-0.25, -0.2) is 12.7 Å². The molecule has 0 spiro atoms. The van der Waals surface area contributed by atoms with E-state index in [4.69, 9.17) is 0 Å². The second kappa shape index (κ2) is 14.2. The van der Waals surface area contributed by atoms with E-state index in [0.717, 1.165) is 19.4 Å². The minimum absolute atomic E-state index is 0. The molecule has 0 unspecified atom stereocenters. The van der Waals surface area contributed by atoms with Crippen LogP contribution >= 0.6 is 24.0 Å². The highest BCUT2D eigenvalue weighted by atomic mass is 127. The first-order chi connectivity index (χ1) is 12.0. The number of rotatable bonds is 11. The van der Waals surface area contributed by atoms with Gasteiger partial charge in [0.25, 0.3) is 0 Å². The van der Waals surface area contributed by atoms with Crippen LogP contribution < -0.4 is 10.6 Å². The standard InChI is InChI=1S/C18H32N4O2S.HI/c1-4-19-18(20-14-10-13-17-11-8-7-9-12-17)21-15-16-25(23,24)22(5-2)6-3;/h7-9,11-12H,4-6,10,13-16H2,1-3H3,(H2,19,20,21);1H. The first-order valence-electron chi connectivity index (χ1n) is 9.07. The molecular formula is C18H33IN4O2S. The molecule has 0 amide bonds. The van der Waals surface area contributed by atoms with Gasteiger partial charge in [-0.15, -0.1) is 24.0 Å². The van der Waals surface area contributed by atoms with Crippen LogP contribution in [0.4, 0.5) is 0 Å². The van der Waals surface area contributed by atoms with E-state index in [1.54, 1.807) is 0 Å². The summed E-state index contributed by atoms with van der Waals surface area (Å²) in [7, 11) is -3.21. The quantitative estimate of drug-likeness (QED) is 0.214. The number of sulfonamides is 1. The van der Waals surface area contributed by atoms with Gasteiger partial charge in [-0.2, -0.15) is 0 Å². The number of aryl methyl sites for hydroxylation is 1. The van der Waals surface area contributed by atoms with Crippen LogP contribution in [-0.4, -0.2) is 57.2 Å². The maximum absolute atomic E-state index is 12.2. The molecule has 0 aliphatic carbocycles. The molecule has 0 aliphatic rings. The monoisotopic (exact) mass is 496 g/mol. The van der Waals surface area contributed by atoms with Crippen LogP contribution in [0.25, 0.3) is 0 Å². The summed E-state index contributed by atoms with van der Waals surface area (Å²) in [6.07, 6.45) is 1.94. The van der Waals surface area contributed by atoms with Crippen molar-refractivity contribution in [3.63, 3.8) is 0 Å². The van der Waals surface area contributed by atoms with E-state index in [2.05, 4.69) is 27.8 Å². The van der Waals surface area contributed by atoms with Gasteiger partial charge in [-0.3, -0.25) is 4.99 Å². The van der Waals surface area contributed by atoms with Crippen molar-refractivity contribution in [1.82, 2.24) is 14.9 Å². The zero-order chi connectivity index (χ0) is 18.5. The molecule has 26 heavy (non-hydrogen) atoms. The Balaban J connectivity index is 0.00000625. The molecule has 150 valence electrons. The molecule has 0 fully saturated rings. The van der Waals surface area contributed by atoms with Crippen LogP contribution in [-0.2, 0) is 16.4 Å². The van der Waals surface area contributed by atoms with Gasteiger partial charge < -0.3 is 10.6 Å². The van der Waals surface area contributed by atoms with Crippen LogP contribution in [0.2, 0.25) is 0 Å². The van der Waals surface area contributed by atoms with Gasteiger partial charge in [0.2, 0.25) is 10.0 Å². The highest BCUT2D eigenvalue weighted by Gasteiger charge is 2.18. The maximum Gasteiger partial charge on any atom is 0.215 e. The Kier molecular flexibility index (Phi) is 13.7. The molecule has 2 N–H and O–H groups in total. The minimum atomic E-state index is -3.21. The second-order valence-electron chi connectivity index (χ2n) is 5.68.